The third kappa shape index (κ3) is 1.91. The monoisotopic (exact) mass is 295 g/mol. The van der Waals surface area contributed by atoms with Crippen LogP contribution >= 0.6 is 23.2 Å². The van der Waals surface area contributed by atoms with Crippen LogP contribution in [-0.4, -0.2) is 16.1 Å². The van der Waals surface area contributed by atoms with E-state index in [1.54, 1.807) is 23.2 Å². The van der Waals surface area contributed by atoms with Crippen molar-refractivity contribution in [3.05, 3.63) is 33.9 Å². The first kappa shape index (κ1) is 12.5. The molecule has 4 nitrogen and oxygen atoms in total. The number of aromatic amines is 1. The number of nitrogens with one attached hydrogen (secondary N) is 1. The number of rotatable bonds is 1. The van der Waals surface area contributed by atoms with Gasteiger partial charge in [-0.25, -0.2) is 0 Å². The van der Waals surface area contributed by atoms with Crippen molar-refractivity contribution in [3.63, 3.8) is 0 Å². The van der Waals surface area contributed by atoms with E-state index >= 15 is 0 Å². The predicted octanol–water partition coefficient (Wildman–Crippen LogP) is 3.64. The van der Waals surface area contributed by atoms with Crippen molar-refractivity contribution < 1.29 is 4.79 Å². The summed E-state index contributed by atoms with van der Waals surface area (Å²) < 4.78 is 0. The zero-order valence-electron chi connectivity index (χ0n) is 10.2. The smallest absolute Gasteiger partial charge is 0.227 e. The Morgan fingerprint density at radius 3 is 3.00 bits per heavy atom. The van der Waals surface area contributed by atoms with Gasteiger partial charge in [0.2, 0.25) is 5.91 Å². The fourth-order valence-corrected chi connectivity index (χ4v) is 2.94. The summed E-state index contributed by atoms with van der Waals surface area (Å²) in [6, 6.07) is 3.45. The Morgan fingerprint density at radius 2 is 2.26 bits per heavy atom. The van der Waals surface area contributed by atoms with E-state index in [1.807, 2.05) is 6.92 Å². The lowest BCUT2D eigenvalue weighted by molar-refractivity contribution is -0.118. The van der Waals surface area contributed by atoms with E-state index in [1.165, 1.54) is 0 Å². The molecule has 3 rings (SSSR count). The number of hydrogen-bond donors (Lipinski definition) is 1. The van der Waals surface area contributed by atoms with Crippen LogP contribution < -0.4 is 4.90 Å². The second kappa shape index (κ2) is 4.54. The molecule has 2 heterocycles. The zero-order chi connectivity index (χ0) is 13.6. The molecule has 0 aliphatic carbocycles. The van der Waals surface area contributed by atoms with E-state index in [9.17, 15) is 4.79 Å². The molecule has 19 heavy (non-hydrogen) atoms. The molecule has 2 aromatic rings. The third-order valence-corrected chi connectivity index (χ3v) is 3.72. The molecule has 0 fully saturated rings. The third-order valence-electron chi connectivity index (χ3n) is 3.22. The van der Waals surface area contributed by atoms with Gasteiger partial charge in [-0.1, -0.05) is 30.1 Å². The van der Waals surface area contributed by atoms with Crippen molar-refractivity contribution in [2.24, 2.45) is 0 Å². The zero-order valence-corrected chi connectivity index (χ0v) is 11.7. The van der Waals surface area contributed by atoms with Gasteiger partial charge in [0.05, 0.1) is 29.1 Å². The van der Waals surface area contributed by atoms with Gasteiger partial charge in [0.15, 0.2) is 0 Å². The van der Waals surface area contributed by atoms with Crippen LogP contribution in [0.4, 0.5) is 5.69 Å². The molecule has 0 saturated carbocycles. The quantitative estimate of drug-likeness (QED) is 0.873. The SMILES string of the molecule is CCC(=O)N1Cc2cn[nH]c2-c2cc(Cl)cc(Cl)c21. The molecular weight excluding hydrogens is 285 g/mol. The maximum Gasteiger partial charge on any atom is 0.227 e. The van der Waals surface area contributed by atoms with Crippen LogP contribution in [0.5, 0.6) is 0 Å². The Kier molecular flexibility index (Phi) is 2.99. The van der Waals surface area contributed by atoms with Crippen molar-refractivity contribution in [3.8, 4) is 11.3 Å². The van der Waals surface area contributed by atoms with Gasteiger partial charge in [-0.3, -0.25) is 9.89 Å². The first-order chi connectivity index (χ1) is 9.11. The molecule has 1 aliphatic heterocycles. The van der Waals surface area contributed by atoms with Gasteiger partial charge >= 0.3 is 0 Å². The summed E-state index contributed by atoms with van der Waals surface area (Å²) in [6.45, 7) is 2.31. The average Bonchev–Trinajstić information content (AvgIpc) is 2.84. The number of H-pyrrole nitrogens is 1. The van der Waals surface area contributed by atoms with Crippen molar-refractivity contribution >= 4 is 34.8 Å². The van der Waals surface area contributed by atoms with Crippen LogP contribution in [0.15, 0.2) is 18.3 Å². The molecule has 0 atom stereocenters. The molecule has 1 aliphatic rings. The Hall–Kier alpha value is -1.52. The molecule has 1 aromatic carbocycles. The van der Waals surface area contributed by atoms with E-state index in [4.69, 9.17) is 23.2 Å². The van der Waals surface area contributed by atoms with Crippen LogP contribution in [0.1, 0.15) is 18.9 Å². The number of fused-ring (bicyclic) bond motifs is 3. The number of carbonyl (C=O) groups is 1. The second-order valence-electron chi connectivity index (χ2n) is 4.39. The van der Waals surface area contributed by atoms with E-state index in [-0.39, 0.29) is 5.91 Å². The van der Waals surface area contributed by atoms with Gasteiger partial charge in [-0.05, 0) is 12.1 Å². The normalized spacial score (nSPS) is 13.1. The number of anilines is 1. The Morgan fingerprint density at radius 1 is 1.47 bits per heavy atom. The molecule has 6 heteroatoms. The largest absolute Gasteiger partial charge is 0.306 e. The maximum absolute atomic E-state index is 12.1. The topological polar surface area (TPSA) is 49.0 Å². The molecule has 0 saturated heterocycles. The Bertz CT molecular complexity index is 666. The van der Waals surface area contributed by atoms with Crippen molar-refractivity contribution in [2.75, 3.05) is 4.90 Å². The number of hydrogen-bond acceptors (Lipinski definition) is 2. The molecule has 0 radical (unpaired) electrons. The van der Waals surface area contributed by atoms with E-state index in [2.05, 4.69) is 10.2 Å². The fraction of sp³-hybridized carbons (Fsp3) is 0.231. The maximum atomic E-state index is 12.1. The molecular formula is C13H11Cl2N3O. The van der Waals surface area contributed by atoms with Crippen LogP contribution in [-0.2, 0) is 11.3 Å². The summed E-state index contributed by atoms with van der Waals surface area (Å²) in [5, 5.41) is 7.99. The lowest BCUT2D eigenvalue weighted by Crippen LogP contribution is -2.32. The first-order valence-corrected chi connectivity index (χ1v) is 6.69. The standard InChI is InChI=1S/C13H11Cl2N3O/c1-2-11(19)18-6-7-5-16-17-12(7)9-3-8(14)4-10(15)13(9)18/h3-5H,2,6H2,1H3,(H,16,17). The summed E-state index contributed by atoms with van der Waals surface area (Å²) in [5.41, 5.74) is 3.36. The summed E-state index contributed by atoms with van der Waals surface area (Å²) >= 11 is 12.3. The second-order valence-corrected chi connectivity index (χ2v) is 5.23. The molecule has 0 spiro atoms. The molecule has 0 bridgehead atoms. The van der Waals surface area contributed by atoms with Crippen LogP contribution in [0.2, 0.25) is 10.0 Å². The minimum Gasteiger partial charge on any atom is -0.306 e. The number of amides is 1. The van der Waals surface area contributed by atoms with Gasteiger partial charge in [0.25, 0.3) is 0 Å². The Balaban J connectivity index is 2.27. The van der Waals surface area contributed by atoms with Crippen LogP contribution in [0, 0.1) is 0 Å². The van der Waals surface area contributed by atoms with E-state index < -0.39 is 0 Å². The Labute approximate surface area is 120 Å². The summed E-state index contributed by atoms with van der Waals surface area (Å²) in [4.78, 5) is 13.8. The van der Waals surface area contributed by atoms with E-state index in [0.717, 1.165) is 16.8 Å². The summed E-state index contributed by atoms with van der Waals surface area (Å²) in [6.07, 6.45) is 2.15. The molecule has 98 valence electrons. The van der Waals surface area contributed by atoms with Gasteiger partial charge in [0.1, 0.15) is 0 Å². The number of nitrogens with zero attached hydrogens (tertiary/aromatic N) is 2. The first-order valence-electron chi connectivity index (χ1n) is 5.93. The molecule has 1 amide bonds. The number of aromatic nitrogens is 2. The lowest BCUT2D eigenvalue weighted by atomic mass is 10.00. The van der Waals surface area contributed by atoms with Crippen LogP contribution in [0.25, 0.3) is 11.3 Å². The van der Waals surface area contributed by atoms with Gasteiger partial charge in [-0.2, -0.15) is 5.10 Å². The summed E-state index contributed by atoms with van der Waals surface area (Å²) in [7, 11) is 0. The average molecular weight is 296 g/mol. The predicted molar refractivity (Wildman–Crippen MR) is 75.5 cm³/mol. The minimum absolute atomic E-state index is 0.0253. The number of carbonyl (C=O) groups excluding carboxylic acids is 1. The highest BCUT2D eigenvalue weighted by molar-refractivity contribution is 6.38. The highest BCUT2D eigenvalue weighted by Gasteiger charge is 2.29. The van der Waals surface area contributed by atoms with Gasteiger partial charge < -0.3 is 4.90 Å². The molecule has 1 N–H and O–H groups in total. The summed E-state index contributed by atoms with van der Waals surface area (Å²) in [5.74, 6) is 0.0253. The van der Waals surface area contributed by atoms with Gasteiger partial charge in [0, 0.05) is 22.6 Å². The highest BCUT2D eigenvalue weighted by atomic mass is 35.5. The van der Waals surface area contributed by atoms with Gasteiger partial charge in [-0.15, -0.1) is 0 Å². The van der Waals surface area contributed by atoms with E-state index in [0.29, 0.717) is 28.7 Å². The highest BCUT2D eigenvalue weighted by Crippen LogP contribution is 2.44. The molecule has 0 unspecified atom stereocenters. The fourth-order valence-electron chi connectivity index (χ4n) is 2.35. The number of halogens is 2. The van der Waals surface area contributed by atoms with Crippen molar-refractivity contribution in [2.45, 2.75) is 19.9 Å². The number of benzene rings is 1. The van der Waals surface area contributed by atoms with Crippen molar-refractivity contribution in [1.29, 1.82) is 0 Å². The molecule has 1 aromatic heterocycles. The minimum atomic E-state index is 0.0253. The van der Waals surface area contributed by atoms with Crippen molar-refractivity contribution in [1.82, 2.24) is 10.2 Å². The lowest BCUT2D eigenvalue weighted by Gasteiger charge is -2.30. The van der Waals surface area contributed by atoms with Crippen LogP contribution in [0.3, 0.4) is 0 Å².